The molecular weight excluding hydrogens is 360 g/mol. The fraction of sp³-hybridized carbons (Fsp3) is 0.450. The molecule has 1 aromatic heterocycles. The molecule has 148 valence electrons. The van der Waals surface area contributed by atoms with Gasteiger partial charge in [-0.25, -0.2) is 0 Å². The number of carbonyl (C=O) groups excluding carboxylic acids is 2. The highest BCUT2D eigenvalue weighted by Crippen LogP contribution is 2.23. The molecule has 2 aliphatic rings. The Labute approximate surface area is 163 Å². The third kappa shape index (κ3) is 3.73. The van der Waals surface area contributed by atoms with Gasteiger partial charge in [0.05, 0.1) is 12.6 Å². The number of fused-ring (bicyclic) bond motifs is 1. The Morgan fingerprint density at radius 3 is 2.79 bits per heavy atom. The first-order valence-electron chi connectivity index (χ1n) is 9.57. The molecule has 0 bridgehead atoms. The van der Waals surface area contributed by atoms with E-state index in [0.717, 1.165) is 24.2 Å². The van der Waals surface area contributed by atoms with Crippen molar-refractivity contribution in [2.24, 2.45) is 0 Å². The SMILES string of the molecule is Cc1ccccc1OC1CCN(C(=O)c2cc3n(n2)C[C@@H](O)CNC3=O)CC1. The number of piperidine rings is 1. The van der Waals surface area contributed by atoms with E-state index in [-0.39, 0.29) is 36.7 Å². The summed E-state index contributed by atoms with van der Waals surface area (Å²) in [6.45, 7) is 3.54. The molecule has 0 spiro atoms. The number of β-amino-alcohol motifs (C(OH)–C–C–N with tert-alkyl or cyclic N) is 1. The molecule has 2 amide bonds. The summed E-state index contributed by atoms with van der Waals surface area (Å²) in [4.78, 5) is 26.7. The number of aliphatic hydroxyl groups is 1. The molecule has 1 atom stereocenters. The molecule has 28 heavy (non-hydrogen) atoms. The predicted octanol–water partition coefficient (Wildman–Crippen LogP) is 0.979. The van der Waals surface area contributed by atoms with Crippen LogP contribution in [0.15, 0.2) is 30.3 Å². The Kier molecular flexibility index (Phi) is 5.04. The topological polar surface area (TPSA) is 96.7 Å². The molecule has 1 saturated heterocycles. The van der Waals surface area contributed by atoms with E-state index in [1.165, 1.54) is 10.7 Å². The molecule has 1 aromatic carbocycles. The van der Waals surface area contributed by atoms with Crippen LogP contribution < -0.4 is 10.1 Å². The van der Waals surface area contributed by atoms with Crippen molar-refractivity contribution >= 4 is 11.8 Å². The van der Waals surface area contributed by atoms with Gasteiger partial charge in [0.2, 0.25) is 0 Å². The zero-order valence-electron chi connectivity index (χ0n) is 15.8. The molecule has 8 nitrogen and oxygen atoms in total. The number of aromatic nitrogens is 2. The number of ether oxygens (including phenoxy) is 1. The number of carbonyl (C=O) groups is 2. The van der Waals surface area contributed by atoms with Gasteiger partial charge in [-0.05, 0) is 18.6 Å². The highest BCUT2D eigenvalue weighted by Gasteiger charge is 2.29. The van der Waals surface area contributed by atoms with Crippen molar-refractivity contribution in [1.29, 1.82) is 0 Å². The van der Waals surface area contributed by atoms with Crippen molar-refractivity contribution in [3.63, 3.8) is 0 Å². The molecule has 0 saturated carbocycles. The van der Waals surface area contributed by atoms with Crippen LogP contribution >= 0.6 is 0 Å². The van der Waals surface area contributed by atoms with Gasteiger partial charge in [-0.1, -0.05) is 18.2 Å². The Balaban J connectivity index is 1.39. The van der Waals surface area contributed by atoms with Gasteiger partial charge in [-0.2, -0.15) is 5.10 Å². The molecule has 8 heteroatoms. The van der Waals surface area contributed by atoms with Crippen molar-refractivity contribution in [2.75, 3.05) is 19.6 Å². The molecule has 2 N–H and O–H groups in total. The van der Waals surface area contributed by atoms with Crippen LogP contribution in [-0.4, -0.2) is 63.4 Å². The van der Waals surface area contributed by atoms with Crippen molar-refractivity contribution < 1.29 is 19.4 Å². The molecular formula is C20H24N4O4. The number of likely N-dealkylation sites (tertiary alicyclic amines) is 1. The summed E-state index contributed by atoms with van der Waals surface area (Å²) in [6.07, 6.45) is 0.840. The quantitative estimate of drug-likeness (QED) is 0.822. The molecule has 1 fully saturated rings. The zero-order valence-corrected chi connectivity index (χ0v) is 15.8. The Morgan fingerprint density at radius 1 is 1.29 bits per heavy atom. The highest BCUT2D eigenvalue weighted by molar-refractivity contribution is 5.98. The van der Waals surface area contributed by atoms with Crippen LogP contribution in [0.4, 0.5) is 0 Å². The number of rotatable bonds is 3. The van der Waals surface area contributed by atoms with Gasteiger partial charge in [0.1, 0.15) is 17.5 Å². The summed E-state index contributed by atoms with van der Waals surface area (Å²) in [5, 5.41) is 16.7. The first-order chi connectivity index (χ1) is 13.5. The smallest absolute Gasteiger partial charge is 0.274 e. The Bertz CT molecular complexity index is 886. The second-order valence-corrected chi connectivity index (χ2v) is 7.34. The average molecular weight is 384 g/mol. The lowest BCUT2D eigenvalue weighted by molar-refractivity contribution is 0.0587. The summed E-state index contributed by atoms with van der Waals surface area (Å²) in [5.74, 6) is 0.361. The summed E-state index contributed by atoms with van der Waals surface area (Å²) in [7, 11) is 0. The van der Waals surface area contributed by atoms with E-state index in [0.29, 0.717) is 18.8 Å². The van der Waals surface area contributed by atoms with Gasteiger partial charge >= 0.3 is 0 Å². The fourth-order valence-corrected chi connectivity index (χ4v) is 3.62. The van der Waals surface area contributed by atoms with Gasteiger partial charge in [0.15, 0.2) is 5.69 Å². The molecule has 3 heterocycles. The molecule has 2 aromatic rings. The van der Waals surface area contributed by atoms with Gasteiger partial charge in [0.25, 0.3) is 11.8 Å². The van der Waals surface area contributed by atoms with Crippen LogP contribution in [0.2, 0.25) is 0 Å². The fourth-order valence-electron chi connectivity index (χ4n) is 3.62. The lowest BCUT2D eigenvalue weighted by Gasteiger charge is -2.32. The average Bonchev–Trinajstić information content (AvgIpc) is 3.06. The Hall–Kier alpha value is -2.87. The van der Waals surface area contributed by atoms with Gasteiger partial charge < -0.3 is 20.1 Å². The van der Waals surface area contributed by atoms with E-state index in [2.05, 4.69) is 10.4 Å². The lowest BCUT2D eigenvalue weighted by Crippen LogP contribution is -2.42. The van der Waals surface area contributed by atoms with Crippen molar-refractivity contribution in [1.82, 2.24) is 20.0 Å². The van der Waals surface area contributed by atoms with E-state index < -0.39 is 6.10 Å². The monoisotopic (exact) mass is 384 g/mol. The molecule has 0 unspecified atom stereocenters. The van der Waals surface area contributed by atoms with Crippen molar-refractivity contribution in [3.05, 3.63) is 47.3 Å². The summed E-state index contributed by atoms with van der Waals surface area (Å²) in [5.41, 5.74) is 1.64. The van der Waals surface area contributed by atoms with E-state index in [9.17, 15) is 14.7 Å². The minimum atomic E-state index is -0.720. The molecule has 4 rings (SSSR count). The lowest BCUT2D eigenvalue weighted by atomic mass is 10.1. The van der Waals surface area contributed by atoms with Crippen LogP contribution in [0.1, 0.15) is 39.4 Å². The number of nitrogens with one attached hydrogen (secondary N) is 1. The van der Waals surface area contributed by atoms with Crippen LogP contribution in [0.25, 0.3) is 0 Å². The van der Waals surface area contributed by atoms with Crippen molar-refractivity contribution in [2.45, 2.75) is 38.5 Å². The van der Waals surface area contributed by atoms with E-state index in [4.69, 9.17) is 4.74 Å². The first kappa shape index (κ1) is 18.5. The number of aliphatic hydroxyl groups excluding tert-OH is 1. The highest BCUT2D eigenvalue weighted by atomic mass is 16.5. The number of hydrogen-bond donors (Lipinski definition) is 2. The number of aryl methyl sites for hydroxylation is 1. The summed E-state index contributed by atoms with van der Waals surface area (Å²) < 4.78 is 7.50. The summed E-state index contributed by atoms with van der Waals surface area (Å²) in [6, 6.07) is 9.42. The van der Waals surface area contributed by atoms with Crippen LogP contribution in [0.3, 0.4) is 0 Å². The van der Waals surface area contributed by atoms with E-state index in [1.807, 2.05) is 31.2 Å². The third-order valence-electron chi connectivity index (χ3n) is 5.23. The second kappa shape index (κ2) is 7.63. The number of nitrogens with zero attached hydrogens (tertiary/aromatic N) is 3. The zero-order chi connectivity index (χ0) is 19.7. The molecule has 2 aliphatic heterocycles. The minimum Gasteiger partial charge on any atom is -0.490 e. The van der Waals surface area contributed by atoms with Crippen LogP contribution in [-0.2, 0) is 6.54 Å². The summed E-state index contributed by atoms with van der Waals surface area (Å²) >= 11 is 0. The van der Waals surface area contributed by atoms with E-state index in [1.54, 1.807) is 4.90 Å². The predicted molar refractivity (Wildman–Crippen MR) is 101 cm³/mol. The number of para-hydroxylation sites is 1. The van der Waals surface area contributed by atoms with Crippen LogP contribution in [0, 0.1) is 6.92 Å². The van der Waals surface area contributed by atoms with Gasteiger partial charge in [0, 0.05) is 38.5 Å². The molecule has 0 aliphatic carbocycles. The molecule has 0 radical (unpaired) electrons. The number of amides is 2. The standard InChI is InChI=1S/C20H24N4O4/c1-13-4-2-3-5-18(13)28-15-6-8-23(9-7-15)20(27)16-10-17-19(26)21-11-14(25)12-24(17)22-16/h2-5,10,14-15,25H,6-9,11-12H2,1H3,(H,21,26)/t14-/m0/s1. The Morgan fingerprint density at radius 2 is 2.04 bits per heavy atom. The van der Waals surface area contributed by atoms with Crippen LogP contribution in [0.5, 0.6) is 5.75 Å². The first-order valence-corrected chi connectivity index (χ1v) is 9.57. The number of benzene rings is 1. The minimum absolute atomic E-state index is 0.0739. The van der Waals surface area contributed by atoms with E-state index >= 15 is 0 Å². The van der Waals surface area contributed by atoms with Gasteiger partial charge in [-0.15, -0.1) is 0 Å². The maximum Gasteiger partial charge on any atom is 0.274 e. The normalized spacial score (nSPS) is 20.3. The third-order valence-corrected chi connectivity index (χ3v) is 5.23. The second-order valence-electron chi connectivity index (χ2n) is 7.34. The largest absolute Gasteiger partial charge is 0.490 e. The maximum atomic E-state index is 12.8. The maximum absolute atomic E-state index is 12.8. The van der Waals surface area contributed by atoms with Gasteiger partial charge in [-0.3, -0.25) is 14.3 Å². The number of hydrogen-bond acceptors (Lipinski definition) is 5. The van der Waals surface area contributed by atoms with Crippen molar-refractivity contribution in [3.8, 4) is 5.75 Å².